The SMILES string of the molecule is CCOc1cccc(-c2nc3nc(Cl)c(C(NS(=O)[O-])c4ccccn4)nc3n2-c2c(OC)cccc2OC)n1. The summed E-state index contributed by atoms with van der Waals surface area (Å²) < 4.78 is 44.6. The van der Waals surface area contributed by atoms with E-state index in [9.17, 15) is 8.76 Å². The van der Waals surface area contributed by atoms with Crippen LogP contribution in [0.1, 0.15) is 24.4 Å². The second-order valence-electron chi connectivity index (χ2n) is 8.16. The highest BCUT2D eigenvalue weighted by Crippen LogP contribution is 2.39. The molecular weight excluding hydrogens is 558 g/mol. The van der Waals surface area contributed by atoms with Crippen molar-refractivity contribution >= 4 is 34.2 Å². The van der Waals surface area contributed by atoms with Gasteiger partial charge < -0.3 is 18.8 Å². The quantitative estimate of drug-likeness (QED) is 0.242. The number of benzene rings is 1. The molecule has 0 aliphatic carbocycles. The average molecular weight is 581 g/mol. The van der Waals surface area contributed by atoms with Crippen molar-refractivity contribution in [3.63, 3.8) is 0 Å². The van der Waals surface area contributed by atoms with Crippen molar-refractivity contribution in [1.29, 1.82) is 0 Å². The summed E-state index contributed by atoms with van der Waals surface area (Å²) in [5.74, 6) is 1.67. The summed E-state index contributed by atoms with van der Waals surface area (Å²) in [4.78, 5) is 22.9. The fourth-order valence-electron chi connectivity index (χ4n) is 4.17. The Morgan fingerprint density at radius 2 is 1.75 bits per heavy atom. The van der Waals surface area contributed by atoms with E-state index in [1.807, 2.05) is 6.92 Å². The summed E-state index contributed by atoms with van der Waals surface area (Å²) in [7, 11) is 3.06. The number of nitrogens with zero attached hydrogens (tertiary/aromatic N) is 6. The van der Waals surface area contributed by atoms with Crippen LogP contribution in [0.2, 0.25) is 5.15 Å². The third-order valence-corrected chi connectivity index (χ3v) is 6.52. The van der Waals surface area contributed by atoms with Crippen LogP contribution in [-0.2, 0) is 11.3 Å². The Morgan fingerprint density at radius 1 is 1.00 bits per heavy atom. The maximum Gasteiger partial charge on any atom is 0.213 e. The number of rotatable bonds is 10. The van der Waals surface area contributed by atoms with Gasteiger partial charge in [0.25, 0.3) is 0 Å². The summed E-state index contributed by atoms with van der Waals surface area (Å²) in [5, 5.41) is -0.0553. The highest BCUT2D eigenvalue weighted by Gasteiger charge is 2.28. The molecule has 0 radical (unpaired) electrons. The summed E-state index contributed by atoms with van der Waals surface area (Å²) in [6.07, 6.45) is 1.54. The smallest absolute Gasteiger partial charge is 0.213 e. The molecule has 0 saturated carbocycles. The van der Waals surface area contributed by atoms with Crippen molar-refractivity contribution in [2.45, 2.75) is 13.0 Å². The monoisotopic (exact) mass is 580 g/mol. The molecule has 206 valence electrons. The van der Waals surface area contributed by atoms with Crippen LogP contribution in [0.25, 0.3) is 28.5 Å². The molecule has 1 N–H and O–H groups in total. The second kappa shape index (κ2) is 11.9. The Morgan fingerprint density at radius 3 is 2.40 bits per heavy atom. The van der Waals surface area contributed by atoms with E-state index >= 15 is 0 Å². The van der Waals surface area contributed by atoms with Crippen molar-refractivity contribution in [2.75, 3.05) is 20.8 Å². The maximum atomic E-state index is 11.8. The number of aromatic nitrogens is 6. The molecule has 2 atom stereocenters. The lowest BCUT2D eigenvalue weighted by Gasteiger charge is -2.20. The van der Waals surface area contributed by atoms with Gasteiger partial charge in [0.2, 0.25) is 5.88 Å². The molecule has 14 heteroatoms. The Kier molecular flexibility index (Phi) is 8.16. The molecule has 0 saturated heterocycles. The first kappa shape index (κ1) is 27.4. The Bertz CT molecular complexity index is 1660. The molecule has 0 bridgehead atoms. The average Bonchev–Trinajstić information content (AvgIpc) is 3.33. The first-order valence-electron chi connectivity index (χ1n) is 12.0. The van der Waals surface area contributed by atoms with Crippen LogP contribution in [0, 0.1) is 0 Å². The van der Waals surface area contributed by atoms with Crippen LogP contribution >= 0.6 is 11.6 Å². The Balaban J connectivity index is 1.84. The van der Waals surface area contributed by atoms with Crippen molar-refractivity contribution < 1.29 is 23.0 Å². The van der Waals surface area contributed by atoms with Gasteiger partial charge in [0.15, 0.2) is 22.3 Å². The zero-order valence-corrected chi connectivity index (χ0v) is 23.1. The highest BCUT2D eigenvalue weighted by atomic mass is 35.5. The first-order valence-corrected chi connectivity index (χ1v) is 13.4. The first-order chi connectivity index (χ1) is 19.4. The molecule has 4 aromatic heterocycles. The third kappa shape index (κ3) is 5.31. The minimum atomic E-state index is -2.67. The molecule has 5 aromatic rings. The fourth-order valence-corrected chi connectivity index (χ4v) is 4.83. The molecule has 4 heterocycles. The number of methoxy groups -OCH3 is 2. The largest absolute Gasteiger partial charge is 0.760 e. The van der Waals surface area contributed by atoms with Gasteiger partial charge in [-0.1, -0.05) is 29.8 Å². The van der Waals surface area contributed by atoms with Gasteiger partial charge in [-0.25, -0.2) is 24.7 Å². The minimum absolute atomic E-state index is 0.0553. The molecule has 0 aliphatic rings. The number of hydrogen-bond donors (Lipinski definition) is 1. The topological polar surface area (TPSA) is 149 Å². The predicted molar refractivity (Wildman–Crippen MR) is 147 cm³/mol. The van der Waals surface area contributed by atoms with Crippen LogP contribution in [0.5, 0.6) is 17.4 Å². The number of fused-ring (bicyclic) bond motifs is 1. The predicted octanol–water partition coefficient (Wildman–Crippen LogP) is 3.81. The molecular formula is C26H23ClN7O5S-. The van der Waals surface area contributed by atoms with Crippen LogP contribution in [0.4, 0.5) is 0 Å². The molecule has 2 unspecified atom stereocenters. The van der Waals surface area contributed by atoms with Gasteiger partial charge in [0.05, 0.1) is 26.5 Å². The zero-order valence-electron chi connectivity index (χ0n) is 21.6. The van der Waals surface area contributed by atoms with E-state index in [0.29, 0.717) is 46.9 Å². The van der Waals surface area contributed by atoms with Crippen LogP contribution in [0.15, 0.2) is 60.8 Å². The highest BCUT2D eigenvalue weighted by molar-refractivity contribution is 7.77. The summed E-state index contributed by atoms with van der Waals surface area (Å²) in [6, 6.07) is 14.7. The Hall–Kier alpha value is -4.17. The van der Waals surface area contributed by atoms with Crippen LogP contribution < -0.4 is 18.9 Å². The van der Waals surface area contributed by atoms with Crippen LogP contribution in [0.3, 0.4) is 0 Å². The summed E-state index contributed by atoms with van der Waals surface area (Å²) in [6.45, 7) is 2.29. The minimum Gasteiger partial charge on any atom is -0.760 e. The van der Waals surface area contributed by atoms with E-state index in [4.69, 9.17) is 35.8 Å². The molecule has 0 spiro atoms. The second-order valence-corrected chi connectivity index (χ2v) is 9.23. The van der Waals surface area contributed by atoms with E-state index in [-0.39, 0.29) is 22.1 Å². The summed E-state index contributed by atoms with van der Waals surface area (Å²) >= 11 is 3.92. The number of pyridine rings is 2. The van der Waals surface area contributed by atoms with E-state index < -0.39 is 17.3 Å². The number of imidazole rings is 1. The van der Waals surface area contributed by atoms with Crippen LogP contribution in [-0.4, -0.2) is 59.1 Å². The molecule has 1 aromatic carbocycles. The molecule has 40 heavy (non-hydrogen) atoms. The van der Waals surface area contributed by atoms with Gasteiger partial charge in [0, 0.05) is 23.5 Å². The van der Waals surface area contributed by atoms with Crippen molar-refractivity contribution in [2.24, 2.45) is 0 Å². The van der Waals surface area contributed by atoms with E-state index in [2.05, 4.69) is 19.7 Å². The Labute approximate surface area is 236 Å². The molecule has 0 amide bonds. The lowest BCUT2D eigenvalue weighted by molar-refractivity contribution is 0.327. The van der Waals surface area contributed by atoms with Crippen molar-refractivity contribution in [3.8, 4) is 34.6 Å². The fraction of sp³-hybridized carbons (Fsp3) is 0.192. The molecule has 5 rings (SSSR count). The van der Waals surface area contributed by atoms with Crippen molar-refractivity contribution in [3.05, 3.63) is 77.3 Å². The van der Waals surface area contributed by atoms with E-state index in [1.165, 1.54) is 20.4 Å². The molecule has 12 nitrogen and oxygen atoms in total. The van der Waals surface area contributed by atoms with Gasteiger partial charge in [0.1, 0.15) is 34.6 Å². The van der Waals surface area contributed by atoms with Gasteiger partial charge in [-0.3, -0.25) is 13.8 Å². The van der Waals surface area contributed by atoms with Gasteiger partial charge in [-0.15, -0.1) is 0 Å². The standard InChI is InChI=1S/C26H24ClN7O5S/c1-4-39-19-13-7-10-16(29-19)25-32-24-26(34(25)22-17(37-2)11-8-12-18(22)38-3)30-21(23(27)31-24)20(33-40(35)36)15-9-5-6-14-28-15/h5-14,20,33H,4H2,1-3H3,(H,35,36)/p-1. The number of ether oxygens (including phenoxy) is 3. The number of para-hydroxylation sites is 1. The van der Waals surface area contributed by atoms with Gasteiger partial charge >= 0.3 is 0 Å². The van der Waals surface area contributed by atoms with Gasteiger partial charge in [-0.05, 0) is 37.3 Å². The third-order valence-electron chi connectivity index (χ3n) is 5.82. The maximum absolute atomic E-state index is 11.8. The normalized spacial score (nSPS) is 12.7. The van der Waals surface area contributed by atoms with Gasteiger partial charge in [-0.2, -0.15) is 0 Å². The van der Waals surface area contributed by atoms with E-state index in [1.54, 1.807) is 59.2 Å². The van der Waals surface area contributed by atoms with Crippen molar-refractivity contribution in [1.82, 2.24) is 34.2 Å². The lowest BCUT2D eigenvalue weighted by atomic mass is 10.1. The molecule has 0 fully saturated rings. The lowest BCUT2D eigenvalue weighted by Crippen LogP contribution is -2.26. The number of nitrogens with one attached hydrogen (secondary N) is 1. The number of halogens is 1. The van der Waals surface area contributed by atoms with E-state index in [0.717, 1.165) is 0 Å². The summed E-state index contributed by atoms with van der Waals surface area (Å²) in [5.41, 5.74) is 1.86. The molecule has 0 aliphatic heterocycles. The number of hydrogen-bond acceptors (Lipinski definition) is 10. The zero-order chi connectivity index (χ0) is 28.2.